The Labute approximate surface area is 131 Å². The summed E-state index contributed by atoms with van der Waals surface area (Å²) in [6.45, 7) is 0.705. The fraction of sp³-hybridized carbons (Fsp3) is 0.214. The Morgan fingerprint density at radius 1 is 1.22 bits per heavy atom. The van der Waals surface area contributed by atoms with Gasteiger partial charge in [-0.3, -0.25) is 0 Å². The van der Waals surface area contributed by atoms with Crippen LogP contribution < -0.4 is 10.5 Å². The van der Waals surface area contributed by atoms with Crippen molar-refractivity contribution in [2.24, 2.45) is 0 Å². The average Bonchev–Trinajstić information content (AvgIpc) is 3.00. The van der Waals surface area contributed by atoms with Crippen molar-refractivity contribution in [3.8, 4) is 5.75 Å². The van der Waals surface area contributed by atoms with Gasteiger partial charge in [-0.05, 0) is 24.3 Å². The Hall–Kier alpha value is -3.07. The normalized spacial score (nSPS) is 11.0. The molecule has 0 saturated heterocycles. The zero-order valence-corrected chi connectivity index (χ0v) is 12.1. The van der Waals surface area contributed by atoms with Crippen LogP contribution in [0, 0.1) is 0 Å². The summed E-state index contributed by atoms with van der Waals surface area (Å²) in [5.74, 6) is -2.95. The van der Waals surface area contributed by atoms with Crippen molar-refractivity contribution < 1.29 is 29.6 Å². The molecule has 0 amide bonds. The van der Waals surface area contributed by atoms with Crippen LogP contribution in [0.5, 0.6) is 5.75 Å². The third-order valence-corrected chi connectivity index (χ3v) is 2.49. The predicted molar refractivity (Wildman–Crippen MR) is 79.9 cm³/mol. The summed E-state index contributed by atoms with van der Waals surface area (Å²) in [7, 11) is 0. The van der Waals surface area contributed by atoms with Crippen LogP contribution in [0.2, 0.25) is 0 Å². The van der Waals surface area contributed by atoms with Gasteiger partial charge in [0.15, 0.2) is 0 Å². The molecule has 23 heavy (non-hydrogen) atoms. The van der Waals surface area contributed by atoms with E-state index in [0.29, 0.717) is 18.0 Å². The van der Waals surface area contributed by atoms with Gasteiger partial charge in [0.2, 0.25) is 0 Å². The van der Waals surface area contributed by atoms with E-state index in [2.05, 4.69) is 4.98 Å². The lowest BCUT2D eigenvalue weighted by Gasteiger charge is -2.12. The molecular weight excluding hydrogens is 306 g/mol. The molecule has 1 heterocycles. The van der Waals surface area contributed by atoms with E-state index in [1.54, 1.807) is 47.6 Å². The number of aromatic nitrogens is 2. The molecule has 2 rings (SSSR count). The number of nitrogen functional groups attached to an aromatic ring is 1. The lowest BCUT2D eigenvalue weighted by Crippen LogP contribution is -2.22. The Morgan fingerprint density at radius 2 is 1.83 bits per heavy atom. The minimum absolute atomic E-state index is 0.238. The van der Waals surface area contributed by atoms with Gasteiger partial charge < -0.3 is 30.4 Å². The molecule has 2 aromatic rings. The van der Waals surface area contributed by atoms with Gasteiger partial charge in [-0.25, -0.2) is 14.6 Å². The Morgan fingerprint density at radius 3 is 2.30 bits per heavy atom. The number of aliphatic hydroxyl groups is 1. The fourth-order valence-corrected chi connectivity index (χ4v) is 1.45. The number of carbonyl (C=O) groups is 2. The van der Waals surface area contributed by atoms with E-state index in [1.165, 1.54) is 0 Å². The van der Waals surface area contributed by atoms with Crippen LogP contribution in [-0.4, -0.2) is 49.5 Å². The lowest BCUT2D eigenvalue weighted by atomic mass is 10.3. The molecule has 1 unspecified atom stereocenters. The first-order chi connectivity index (χ1) is 10.9. The second-order valence-corrected chi connectivity index (χ2v) is 4.40. The molecule has 124 valence electrons. The van der Waals surface area contributed by atoms with Crippen LogP contribution in [0.1, 0.15) is 0 Å². The smallest absolute Gasteiger partial charge is 0.414 e. The van der Waals surface area contributed by atoms with Crippen LogP contribution in [0.3, 0.4) is 0 Å². The highest BCUT2D eigenvalue weighted by Gasteiger charge is 2.06. The van der Waals surface area contributed by atoms with E-state index >= 15 is 0 Å². The Bertz CT molecular complexity index is 600. The minimum Gasteiger partial charge on any atom is -0.491 e. The van der Waals surface area contributed by atoms with Gasteiger partial charge in [-0.15, -0.1) is 0 Å². The van der Waals surface area contributed by atoms with Gasteiger partial charge in [-0.2, -0.15) is 0 Å². The van der Waals surface area contributed by atoms with E-state index in [1.807, 2.05) is 0 Å². The summed E-state index contributed by atoms with van der Waals surface area (Å²) in [5.41, 5.74) is 6.25. The number of carboxylic acids is 2. The molecule has 0 spiro atoms. The lowest BCUT2D eigenvalue weighted by molar-refractivity contribution is -0.159. The van der Waals surface area contributed by atoms with Gasteiger partial charge in [0.25, 0.3) is 0 Å². The van der Waals surface area contributed by atoms with E-state index < -0.39 is 18.0 Å². The predicted octanol–water partition coefficient (Wildman–Crippen LogP) is 0.0608. The number of aliphatic carboxylic acids is 2. The number of nitrogens with zero attached hydrogens (tertiary/aromatic N) is 2. The topological polar surface area (TPSA) is 148 Å². The van der Waals surface area contributed by atoms with Crippen LogP contribution >= 0.6 is 0 Å². The number of hydrogen-bond donors (Lipinski definition) is 4. The zero-order valence-electron chi connectivity index (χ0n) is 12.1. The summed E-state index contributed by atoms with van der Waals surface area (Å²) in [6.07, 6.45) is 4.56. The number of imidazole rings is 1. The van der Waals surface area contributed by atoms with Crippen molar-refractivity contribution in [3.63, 3.8) is 0 Å². The van der Waals surface area contributed by atoms with Gasteiger partial charge in [0.1, 0.15) is 18.5 Å². The summed E-state index contributed by atoms with van der Waals surface area (Å²) < 4.78 is 7.23. The van der Waals surface area contributed by atoms with Crippen molar-refractivity contribution in [1.29, 1.82) is 0 Å². The number of hydrogen-bond acceptors (Lipinski definition) is 6. The first-order valence-electron chi connectivity index (χ1n) is 6.47. The highest BCUT2D eigenvalue weighted by Crippen LogP contribution is 2.13. The van der Waals surface area contributed by atoms with Crippen molar-refractivity contribution in [3.05, 3.63) is 43.0 Å². The number of anilines is 1. The first kappa shape index (κ1) is 18.0. The highest BCUT2D eigenvalue weighted by molar-refractivity contribution is 6.27. The zero-order chi connectivity index (χ0) is 17.2. The number of rotatable bonds is 5. The largest absolute Gasteiger partial charge is 0.491 e. The van der Waals surface area contributed by atoms with Crippen LogP contribution in [0.4, 0.5) is 5.69 Å². The standard InChI is InChI=1S/C12H15N3O2.C2H2O4/c13-10-1-3-12(4-2-10)17-8-11(16)7-15-6-5-14-9-15;3-1(4)2(5)6/h1-6,9,11,16H,7-8,13H2;(H,3,4)(H,5,6). The Balaban J connectivity index is 0.000000379. The maximum atomic E-state index is 9.74. The van der Waals surface area contributed by atoms with E-state index in [9.17, 15) is 5.11 Å². The SMILES string of the molecule is Nc1ccc(OCC(O)Cn2ccnc2)cc1.O=C(O)C(=O)O. The van der Waals surface area contributed by atoms with Crippen LogP contribution in [0.15, 0.2) is 43.0 Å². The second-order valence-electron chi connectivity index (χ2n) is 4.40. The summed E-state index contributed by atoms with van der Waals surface area (Å²) in [5, 5.41) is 24.5. The van der Waals surface area contributed by atoms with Crippen molar-refractivity contribution in [1.82, 2.24) is 9.55 Å². The molecule has 1 aromatic heterocycles. The third kappa shape index (κ3) is 7.48. The fourth-order valence-electron chi connectivity index (χ4n) is 1.45. The maximum Gasteiger partial charge on any atom is 0.414 e. The molecule has 1 aromatic carbocycles. The Kier molecular flexibility index (Phi) is 7.08. The molecule has 0 fully saturated rings. The third-order valence-electron chi connectivity index (χ3n) is 2.49. The highest BCUT2D eigenvalue weighted by atomic mass is 16.5. The number of aliphatic hydroxyl groups excluding tert-OH is 1. The summed E-state index contributed by atoms with van der Waals surface area (Å²) >= 11 is 0. The minimum atomic E-state index is -1.82. The van der Waals surface area contributed by atoms with Crippen LogP contribution in [-0.2, 0) is 16.1 Å². The molecule has 5 N–H and O–H groups in total. The molecule has 0 saturated carbocycles. The van der Waals surface area contributed by atoms with Gasteiger partial charge in [-0.1, -0.05) is 0 Å². The number of benzene rings is 1. The van der Waals surface area contributed by atoms with Crippen LogP contribution in [0.25, 0.3) is 0 Å². The molecule has 9 nitrogen and oxygen atoms in total. The molecule has 0 aliphatic carbocycles. The monoisotopic (exact) mass is 323 g/mol. The quantitative estimate of drug-likeness (QED) is 0.446. The van der Waals surface area contributed by atoms with E-state index in [0.717, 1.165) is 0 Å². The number of carboxylic acid groups (broad SMARTS) is 2. The molecule has 1 atom stereocenters. The van der Waals surface area contributed by atoms with Gasteiger partial charge in [0.05, 0.1) is 12.9 Å². The molecule has 0 aliphatic rings. The molecule has 0 bridgehead atoms. The van der Waals surface area contributed by atoms with E-state index in [-0.39, 0.29) is 6.61 Å². The van der Waals surface area contributed by atoms with Gasteiger partial charge >= 0.3 is 11.9 Å². The summed E-state index contributed by atoms with van der Waals surface area (Å²) in [6, 6.07) is 7.08. The van der Waals surface area contributed by atoms with E-state index in [4.69, 9.17) is 30.3 Å². The molecule has 0 radical (unpaired) electrons. The number of ether oxygens (including phenoxy) is 1. The first-order valence-corrected chi connectivity index (χ1v) is 6.47. The number of nitrogens with two attached hydrogens (primary N) is 1. The average molecular weight is 323 g/mol. The summed E-state index contributed by atoms with van der Waals surface area (Å²) in [4.78, 5) is 22.1. The van der Waals surface area contributed by atoms with Crippen molar-refractivity contribution >= 4 is 17.6 Å². The maximum absolute atomic E-state index is 9.74. The van der Waals surface area contributed by atoms with Crippen molar-refractivity contribution in [2.75, 3.05) is 12.3 Å². The molecular formula is C14H17N3O6. The second kappa shape index (κ2) is 9.05. The van der Waals surface area contributed by atoms with Gasteiger partial charge in [0, 0.05) is 18.1 Å². The molecule has 9 heteroatoms. The molecule has 0 aliphatic heterocycles. The van der Waals surface area contributed by atoms with Crippen molar-refractivity contribution in [2.45, 2.75) is 12.6 Å².